The maximum Gasteiger partial charge on any atom is 0.163 e. The number of benzene rings is 2. The number of rotatable bonds is 5. The van der Waals surface area contributed by atoms with Crippen LogP contribution in [0.1, 0.15) is 28.8 Å². The number of alkyl halides is 1. The Kier molecular flexibility index (Phi) is 5.23. The van der Waals surface area contributed by atoms with Gasteiger partial charge in [-0.3, -0.25) is 0 Å². The first-order valence-corrected chi connectivity index (χ1v) is 7.60. The predicted octanol–water partition coefficient (Wildman–Crippen LogP) is 5.08. The largest absolute Gasteiger partial charge is 0.493 e. The smallest absolute Gasteiger partial charge is 0.163 e. The van der Waals surface area contributed by atoms with Crippen LogP contribution in [0.4, 0.5) is 4.39 Å². The zero-order valence-electron chi connectivity index (χ0n) is 12.3. The summed E-state index contributed by atoms with van der Waals surface area (Å²) in [6.45, 7) is 2.06. The van der Waals surface area contributed by atoms with E-state index in [1.807, 2.05) is 30.3 Å². The highest BCUT2D eigenvalue weighted by atomic mass is 79.9. The van der Waals surface area contributed by atoms with E-state index in [1.165, 1.54) is 13.2 Å². The van der Waals surface area contributed by atoms with Crippen LogP contribution in [0, 0.1) is 5.82 Å². The highest BCUT2D eigenvalue weighted by Gasteiger charge is 2.23. The van der Waals surface area contributed by atoms with Crippen molar-refractivity contribution < 1.29 is 13.9 Å². The fourth-order valence-electron chi connectivity index (χ4n) is 2.28. The van der Waals surface area contributed by atoms with Crippen molar-refractivity contribution in [2.75, 3.05) is 14.2 Å². The summed E-state index contributed by atoms with van der Waals surface area (Å²) in [6, 6.07) is 13.1. The van der Waals surface area contributed by atoms with Crippen LogP contribution >= 0.6 is 15.9 Å². The van der Waals surface area contributed by atoms with Crippen molar-refractivity contribution in [2.45, 2.75) is 17.7 Å². The summed E-state index contributed by atoms with van der Waals surface area (Å²) < 4.78 is 24.7. The number of hydrogen-bond donors (Lipinski definition) is 0. The summed E-state index contributed by atoms with van der Waals surface area (Å²) in [7, 11) is 3.04. The van der Waals surface area contributed by atoms with E-state index in [2.05, 4.69) is 22.9 Å². The monoisotopic (exact) mass is 352 g/mol. The van der Waals surface area contributed by atoms with E-state index in [0.717, 1.165) is 5.56 Å². The lowest BCUT2D eigenvalue weighted by Gasteiger charge is -2.21. The second-order valence-corrected chi connectivity index (χ2v) is 5.82. The summed E-state index contributed by atoms with van der Waals surface area (Å²) in [5.74, 6) is 0.737. The highest BCUT2D eigenvalue weighted by molar-refractivity contribution is 9.09. The summed E-state index contributed by atoms with van der Waals surface area (Å²) in [6.07, 6.45) is 0. The van der Waals surface area contributed by atoms with Gasteiger partial charge in [-0.1, -0.05) is 53.2 Å². The Bertz CT molecular complexity index is 601. The molecular formula is C17H18BrFO2. The van der Waals surface area contributed by atoms with Gasteiger partial charge in [0.25, 0.3) is 0 Å². The normalized spacial score (nSPS) is 13.6. The molecule has 0 aliphatic heterocycles. The fourth-order valence-corrected chi connectivity index (χ4v) is 2.93. The van der Waals surface area contributed by atoms with Crippen molar-refractivity contribution in [2.24, 2.45) is 0 Å². The van der Waals surface area contributed by atoms with Gasteiger partial charge in [-0.05, 0) is 17.5 Å². The van der Waals surface area contributed by atoms with Crippen LogP contribution in [0.2, 0.25) is 0 Å². The van der Waals surface area contributed by atoms with E-state index in [1.54, 1.807) is 13.2 Å². The lowest BCUT2D eigenvalue weighted by molar-refractivity contribution is 0.351. The standard InChI is InChI=1S/C17H18BrFO2/c1-11(12-7-5-4-6-8-12)17(18)13-9-15(20-2)16(21-3)10-14(13)19/h4-11,17H,1-3H3. The van der Waals surface area contributed by atoms with E-state index >= 15 is 0 Å². The number of methoxy groups -OCH3 is 2. The van der Waals surface area contributed by atoms with Crippen LogP contribution in [-0.4, -0.2) is 14.2 Å². The number of hydrogen-bond acceptors (Lipinski definition) is 2. The van der Waals surface area contributed by atoms with Gasteiger partial charge in [0.2, 0.25) is 0 Å². The van der Waals surface area contributed by atoms with Crippen molar-refractivity contribution in [1.29, 1.82) is 0 Å². The van der Waals surface area contributed by atoms with E-state index in [9.17, 15) is 4.39 Å². The summed E-state index contributed by atoms with van der Waals surface area (Å²) in [5, 5.41) is 0. The molecule has 0 aliphatic carbocycles. The Morgan fingerprint density at radius 1 is 1.00 bits per heavy atom. The molecular weight excluding hydrogens is 335 g/mol. The third-order valence-electron chi connectivity index (χ3n) is 3.56. The third-order valence-corrected chi connectivity index (χ3v) is 4.85. The molecule has 0 radical (unpaired) electrons. The van der Waals surface area contributed by atoms with E-state index in [4.69, 9.17) is 9.47 Å². The lowest BCUT2D eigenvalue weighted by Crippen LogP contribution is -2.05. The molecule has 2 unspecified atom stereocenters. The first-order valence-electron chi connectivity index (χ1n) is 6.69. The predicted molar refractivity (Wildman–Crippen MR) is 86.0 cm³/mol. The molecule has 21 heavy (non-hydrogen) atoms. The highest BCUT2D eigenvalue weighted by Crippen LogP contribution is 2.42. The van der Waals surface area contributed by atoms with E-state index in [-0.39, 0.29) is 16.6 Å². The minimum absolute atomic E-state index is 0.124. The van der Waals surface area contributed by atoms with Crippen molar-refractivity contribution in [3.63, 3.8) is 0 Å². The second kappa shape index (κ2) is 6.94. The second-order valence-electron chi connectivity index (χ2n) is 4.83. The van der Waals surface area contributed by atoms with Gasteiger partial charge in [0.05, 0.1) is 14.2 Å². The zero-order chi connectivity index (χ0) is 15.4. The molecule has 0 aliphatic rings. The first-order chi connectivity index (χ1) is 10.1. The van der Waals surface area contributed by atoms with Gasteiger partial charge in [0, 0.05) is 16.5 Å². The fraction of sp³-hybridized carbons (Fsp3) is 0.294. The summed E-state index contributed by atoms with van der Waals surface area (Å²) in [5.41, 5.74) is 1.71. The molecule has 2 aromatic rings. The summed E-state index contributed by atoms with van der Waals surface area (Å²) in [4.78, 5) is -0.153. The maximum atomic E-state index is 14.3. The quantitative estimate of drug-likeness (QED) is 0.698. The Hall–Kier alpha value is -1.55. The lowest BCUT2D eigenvalue weighted by atomic mass is 9.93. The van der Waals surface area contributed by atoms with Gasteiger partial charge >= 0.3 is 0 Å². The molecule has 0 saturated heterocycles. The van der Waals surface area contributed by atoms with Crippen LogP contribution in [0.25, 0.3) is 0 Å². The molecule has 4 heteroatoms. The Morgan fingerprint density at radius 2 is 1.57 bits per heavy atom. The van der Waals surface area contributed by atoms with Crippen molar-refractivity contribution in [3.8, 4) is 11.5 Å². The molecule has 2 rings (SSSR count). The number of ether oxygens (including phenoxy) is 2. The molecule has 0 fully saturated rings. The molecule has 0 spiro atoms. The molecule has 2 aromatic carbocycles. The summed E-state index contributed by atoms with van der Waals surface area (Å²) >= 11 is 3.61. The van der Waals surface area contributed by atoms with Gasteiger partial charge in [0.15, 0.2) is 11.5 Å². The van der Waals surface area contributed by atoms with E-state index < -0.39 is 0 Å². The zero-order valence-corrected chi connectivity index (χ0v) is 13.9. The van der Waals surface area contributed by atoms with Gasteiger partial charge in [0.1, 0.15) is 5.82 Å². The molecule has 2 atom stereocenters. The molecule has 0 bridgehead atoms. The average molecular weight is 353 g/mol. The maximum absolute atomic E-state index is 14.3. The van der Waals surface area contributed by atoms with Crippen LogP contribution < -0.4 is 9.47 Å². The van der Waals surface area contributed by atoms with Crippen molar-refractivity contribution in [3.05, 3.63) is 59.4 Å². The third kappa shape index (κ3) is 3.38. The molecule has 0 aromatic heterocycles. The average Bonchev–Trinajstić information content (AvgIpc) is 2.54. The Balaban J connectivity index is 2.37. The first kappa shape index (κ1) is 15.8. The van der Waals surface area contributed by atoms with Crippen LogP contribution in [0.5, 0.6) is 11.5 Å². The SMILES string of the molecule is COc1cc(F)c(C(Br)C(C)c2ccccc2)cc1OC. The van der Waals surface area contributed by atoms with E-state index in [0.29, 0.717) is 17.1 Å². The van der Waals surface area contributed by atoms with Crippen LogP contribution in [0.15, 0.2) is 42.5 Å². The molecule has 0 saturated carbocycles. The molecule has 112 valence electrons. The molecule has 2 nitrogen and oxygen atoms in total. The topological polar surface area (TPSA) is 18.5 Å². The van der Waals surface area contributed by atoms with Gasteiger partial charge in [-0.15, -0.1) is 0 Å². The van der Waals surface area contributed by atoms with Crippen molar-refractivity contribution in [1.82, 2.24) is 0 Å². The minimum atomic E-state index is -0.308. The van der Waals surface area contributed by atoms with Crippen LogP contribution in [0.3, 0.4) is 0 Å². The minimum Gasteiger partial charge on any atom is -0.493 e. The molecule has 0 N–H and O–H groups in total. The Morgan fingerprint density at radius 3 is 2.14 bits per heavy atom. The van der Waals surface area contributed by atoms with Crippen molar-refractivity contribution >= 4 is 15.9 Å². The Labute approximate surface area is 133 Å². The molecule has 0 amide bonds. The van der Waals surface area contributed by atoms with Gasteiger partial charge in [-0.2, -0.15) is 0 Å². The number of halogens is 2. The molecule has 0 heterocycles. The van der Waals surface area contributed by atoms with Crippen LogP contribution in [-0.2, 0) is 0 Å². The van der Waals surface area contributed by atoms with Gasteiger partial charge < -0.3 is 9.47 Å². The van der Waals surface area contributed by atoms with Gasteiger partial charge in [-0.25, -0.2) is 4.39 Å².